The number of likely N-dealkylation sites (tertiary alicyclic amines) is 1. The monoisotopic (exact) mass is 869 g/mol. The third-order valence-corrected chi connectivity index (χ3v) is 12.3. The number of carbonyl (C=O) groups excluding carboxylic acids is 2. The third-order valence-electron chi connectivity index (χ3n) is 11.5. The lowest BCUT2D eigenvalue weighted by Gasteiger charge is -2.38. The van der Waals surface area contributed by atoms with Gasteiger partial charge in [-0.1, -0.05) is 32.9 Å². The minimum atomic E-state index is -0.854. The summed E-state index contributed by atoms with van der Waals surface area (Å²) in [6.07, 6.45) is 7.38. The van der Waals surface area contributed by atoms with Crippen LogP contribution in [0.2, 0.25) is 0 Å². The van der Waals surface area contributed by atoms with Gasteiger partial charge in [0.2, 0.25) is 0 Å². The average Bonchev–Trinajstić information content (AvgIpc) is 4.02. The van der Waals surface area contributed by atoms with Crippen molar-refractivity contribution >= 4 is 58.0 Å². The first-order valence-electron chi connectivity index (χ1n) is 20.7. The van der Waals surface area contributed by atoms with Crippen LogP contribution in [0, 0.1) is 0 Å². The maximum Gasteiger partial charge on any atom is 0.359 e. The number of carboxylic acid groups (broad SMARTS) is 1. The summed E-state index contributed by atoms with van der Waals surface area (Å²) < 4.78 is 8.71. The number of carbonyl (C=O) groups is 3. The molecule has 4 N–H and O–H groups in total. The minimum Gasteiger partial charge on any atom is -0.497 e. The van der Waals surface area contributed by atoms with E-state index < -0.39 is 24.0 Å². The minimum absolute atomic E-state index is 0.0102. The largest absolute Gasteiger partial charge is 0.497 e. The Morgan fingerprint density at radius 3 is 2.61 bits per heavy atom. The first-order valence-corrected chi connectivity index (χ1v) is 21.6. The van der Waals surface area contributed by atoms with Gasteiger partial charge in [-0.3, -0.25) is 24.1 Å². The molecule has 7 rings (SSSR count). The molecular formula is C42H53N12O7S+. The number of quaternary nitrogens is 1. The van der Waals surface area contributed by atoms with Crippen LogP contribution < -0.4 is 31.3 Å². The predicted octanol–water partition coefficient (Wildman–Crippen LogP) is 4.20. The standard InChI is InChI=1S/C42H52N12O7S/c1-6-54(25-36(55)56)20-8-9-29(54)22-43-40(59)48-61-31-10-7-18-51(24-31)37-32(15-16-34-47-49-50-53(34)23-27-11-13-30(60-5)14-12-27)39(58)52-19-17-28(21-35(52)45-37)38(57)46-41-44-33(26-62-41)42(2,3)4/h11-17,19,21,26,29,31H,6-10,18,20,22-25H2,1-5H3,(H3-,43,44,46,48,55,56,57,59)/p+1/t29-,31+,54?/m0/s1. The number of ether oxygens (including phenoxy) is 1. The fraction of sp³-hybridized carbons (Fsp3) is 0.452. The van der Waals surface area contributed by atoms with Crippen LogP contribution in [0.15, 0.2) is 52.8 Å². The zero-order valence-electron chi connectivity index (χ0n) is 35.5. The molecule has 3 atom stereocenters. The molecule has 5 aromatic rings. The summed E-state index contributed by atoms with van der Waals surface area (Å²) in [6.45, 7) is 11.1. The van der Waals surface area contributed by atoms with Gasteiger partial charge in [-0.15, -0.1) is 16.4 Å². The summed E-state index contributed by atoms with van der Waals surface area (Å²) in [4.78, 5) is 69.9. The van der Waals surface area contributed by atoms with Crippen LogP contribution in [0.5, 0.6) is 5.75 Å². The van der Waals surface area contributed by atoms with Crippen LogP contribution in [0.1, 0.15) is 86.4 Å². The molecule has 0 spiro atoms. The van der Waals surface area contributed by atoms with E-state index in [1.165, 1.54) is 21.9 Å². The van der Waals surface area contributed by atoms with Crippen LogP contribution in [0.25, 0.3) is 17.8 Å². The number of hydrogen-bond donors (Lipinski definition) is 4. The Morgan fingerprint density at radius 2 is 1.89 bits per heavy atom. The number of urea groups is 1. The number of methoxy groups -OCH3 is 1. The summed E-state index contributed by atoms with van der Waals surface area (Å²) in [5, 5.41) is 29.9. The van der Waals surface area contributed by atoms with Gasteiger partial charge in [0.25, 0.3) is 11.5 Å². The second-order valence-corrected chi connectivity index (χ2v) is 17.5. The van der Waals surface area contributed by atoms with Gasteiger partial charge in [0.05, 0.1) is 44.5 Å². The molecule has 20 heteroatoms. The molecule has 0 aliphatic carbocycles. The van der Waals surface area contributed by atoms with Crippen LogP contribution >= 0.6 is 11.3 Å². The highest BCUT2D eigenvalue weighted by Crippen LogP contribution is 2.29. The summed E-state index contributed by atoms with van der Waals surface area (Å²) in [7, 11) is 1.60. The fourth-order valence-electron chi connectivity index (χ4n) is 8.03. The van der Waals surface area contributed by atoms with Gasteiger partial charge in [-0.25, -0.2) is 29.7 Å². The molecule has 3 amide bonds. The number of amides is 3. The van der Waals surface area contributed by atoms with Crippen molar-refractivity contribution in [2.45, 2.75) is 77.5 Å². The lowest BCUT2D eigenvalue weighted by Crippen LogP contribution is -2.58. The molecule has 2 aliphatic heterocycles. The van der Waals surface area contributed by atoms with Gasteiger partial charge in [0.1, 0.15) is 29.4 Å². The maximum absolute atomic E-state index is 14.4. The van der Waals surface area contributed by atoms with Gasteiger partial charge in [-0.2, -0.15) is 0 Å². The number of hydroxylamine groups is 1. The van der Waals surface area contributed by atoms with Crippen LogP contribution in [-0.4, -0.2) is 121 Å². The number of tetrazole rings is 1. The molecule has 6 heterocycles. The van der Waals surface area contributed by atoms with E-state index in [9.17, 15) is 24.3 Å². The molecule has 19 nitrogen and oxygen atoms in total. The number of pyridine rings is 1. The lowest BCUT2D eigenvalue weighted by molar-refractivity contribution is -0.929. The number of piperidine rings is 1. The number of likely N-dealkylation sites (N-methyl/N-ethyl adjacent to an activating group) is 1. The lowest BCUT2D eigenvalue weighted by atomic mass is 9.93. The van der Waals surface area contributed by atoms with E-state index in [1.54, 1.807) is 36.1 Å². The predicted molar refractivity (Wildman–Crippen MR) is 233 cm³/mol. The Hall–Kier alpha value is -6.25. The second kappa shape index (κ2) is 18.8. The Balaban J connectivity index is 1.12. The first kappa shape index (κ1) is 43.8. The van der Waals surface area contributed by atoms with Crippen molar-refractivity contribution in [3.63, 3.8) is 0 Å². The molecule has 2 saturated heterocycles. The van der Waals surface area contributed by atoms with Crippen molar-refractivity contribution in [2.75, 3.05) is 56.6 Å². The van der Waals surface area contributed by atoms with Crippen molar-refractivity contribution < 1.29 is 33.5 Å². The zero-order valence-corrected chi connectivity index (χ0v) is 36.4. The molecule has 0 bridgehead atoms. The van der Waals surface area contributed by atoms with Crippen molar-refractivity contribution in [2.24, 2.45) is 0 Å². The Bertz CT molecular complexity index is 2500. The van der Waals surface area contributed by atoms with Crippen molar-refractivity contribution in [3.8, 4) is 5.75 Å². The van der Waals surface area contributed by atoms with Crippen LogP contribution in [0.4, 0.5) is 15.7 Å². The molecular weight excluding hydrogens is 817 g/mol. The summed E-state index contributed by atoms with van der Waals surface area (Å²) in [5.74, 6) is 0.248. The molecule has 2 aliphatic rings. The van der Waals surface area contributed by atoms with Crippen molar-refractivity contribution in [3.05, 3.63) is 86.5 Å². The van der Waals surface area contributed by atoms with Gasteiger partial charge in [0, 0.05) is 48.5 Å². The number of anilines is 2. The van der Waals surface area contributed by atoms with E-state index in [-0.39, 0.29) is 41.3 Å². The number of hydrogen-bond acceptors (Lipinski definition) is 13. The van der Waals surface area contributed by atoms with E-state index in [0.717, 1.165) is 36.4 Å². The molecule has 0 radical (unpaired) electrons. The van der Waals surface area contributed by atoms with Crippen LogP contribution in [0.3, 0.4) is 0 Å². The Labute approximate surface area is 362 Å². The van der Waals surface area contributed by atoms with Gasteiger partial charge in [0.15, 0.2) is 17.5 Å². The van der Waals surface area contributed by atoms with Gasteiger partial charge >= 0.3 is 12.0 Å². The van der Waals surface area contributed by atoms with E-state index in [2.05, 4.69) is 57.4 Å². The maximum atomic E-state index is 14.4. The smallest absolute Gasteiger partial charge is 0.359 e. The Morgan fingerprint density at radius 1 is 1.08 bits per heavy atom. The SMILES string of the molecule is CC[N+]1(CC(=O)O)CCC[C@H]1CNC(=O)NO[C@@H]1CCCN(c2nc3cc(C(=O)Nc4nc(C(C)(C)C)cs4)ccn3c(=O)c2C=Cc2nnnn2Cc2ccc(OC)cc2)C1. The molecule has 1 unspecified atom stereocenters. The van der Waals surface area contributed by atoms with Gasteiger partial charge in [-0.05, 0) is 72.2 Å². The summed E-state index contributed by atoms with van der Waals surface area (Å²) in [6, 6.07) is 10.1. The number of aliphatic carboxylic acids is 1. The number of carboxylic acids is 1. The molecule has 1 aromatic carbocycles. The van der Waals surface area contributed by atoms with E-state index in [4.69, 9.17) is 14.6 Å². The fourth-order valence-corrected chi connectivity index (χ4v) is 8.96. The molecule has 62 heavy (non-hydrogen) atoms. The Kier molecular flexibility index (Phi) is 13.3. The van der Waals surface area contributed by atoms with E-state index >= 15 is 0 Å². The number of rotatable bonds is 15. The molecule has 2 fully saturated rings. The zero-order chi connectivity index (χ0) is 44.0. The quantitative estimate of drug-likeness (QED) is 0.0858. The van der Waals surface area contributed by atoms with Crippen LogP contribution in [-0.2, 0) is 21.6 Å². The molecule has 328 valence electrons. The van der Waals surface area contributed by atoms with Crippen molar-refractivity contribution in [1.82, 2.24) is 45.4 Å². The van der Waals surface area contributed by atoms with E-state index in [1.807, 2.05) is 41.5 Å². The number of benzene rings is 1. The van der Waals surface area contributed by atoms with Crippen molar-refractivity contribution in [1.29, 1.82) is 0 Å². The number of nitrogens with one attached hydrogen (secondary N) is 3. The number of aromatic nitrogens is 7. The highest BCUT2D eigenvalue weighted by molar-refractivity contribution is 7.14. The number of thiazole rings is 1. The highest BCUT2D eigenvalue weighted by atomic mass is 32.1. The number of fused-ring (bicyclic) bond motifs is 1. The van der Waals surface area contributed by atoms with Gasteiger partial charge < -0.3 is 24.5 Å². The summed E-state index contributed by atoms with van der Waals surface area (Å²) in [5.41, 5.74) is 4.59. The molecule has 4 aromatic heterocycles. The summed E-state index contributed by atoms with van der Waals surface area (Å²) >= 11 is 1.34. The molecule has 0 saturated carbocycles. The van der Waals surface area contributed by atoms with E-state index in [0.29, 0.717) is 65.8 Å². The topological polar surface area (TPSA) is 220 Å². The second-order valence-electron chi connectivity index (χ2n) is 16.7. The first-order chi connectivity index (χ1) is 29.7. The normalized spacial score (nSPS) is 19.2. The average molecular weight is 870 g/mol. The highest BCUT2D eigenvalue weighted by Gasteiger charge is 2.42. The third kappa shape index (κ3) is 10.1. The number of nitrogens with zero attached hydrogens (tertiary/aromatic N) is 9.